The highest BCUT2D eigenvalue weighted by molar-refractivity contribution is 5.97. The standard InChI is InChI=1S/C22H34N4O4/c1-2-3-4-20(27)24-18-15-19(22(28)29)21(23-16-18)26-9-6-17(7-10-26)5-8-25-11-13-30-14-12-25/h15-17H,2-14H2,1H3,(H,24,27)(H,28,29). The number of morpholine rings is 1. The Balaban J connectivity index is 1.55. The van der Waals surface area contributed by atoms with Crippen molar-refractivity contribution in [2.45, 2.75) is 45.4 Å². The van der Waals surface area contributed by atoms with Crippen LogP contribution in [0.3, 0.4) is 0 Å². The second kappa shape index (κ2) is 11.3. The topological polar surface area (TPSA) is 95.0 Å². The molecule has 0 spiro atoms. The molecule has 0 radical (unpaired) electrons. The van der Waals surface area contributed by atoms with Crippen molar-refractivity contribution in [2.75, 3.05) is 56.2 Å². The van der Waals surface area contributed by atoms with E-state index < -0.39 is 5.97 Å². The van der Waals surface area contributed by atoms with Gasteiger partial charge in [-0.3, -0.25) is 9.69 Å². The number of pyridine rings is 1. The van der Waals surface area contributed by atoms with Crippen LogP contribution in [0.2, 0.25) is 0 Å². The summed E-state index contributed by atoms with van der Waals surface area (Å²) in [5.41, 5.74) is 0.590. The van der Waals surface area contributed by atoms with Gasteiger partial charge in [0.2, 0.25) is 5.91 Å². The average molecular weight is 419 g/mol. The predicted octanol–water partition coefficient (Wildman–Crippen LogP) is 2.85. The van der Waals surface area contributed by atoms with Gasteiger partial charge in [0.25, 0.3) is 0 Å². The first kappa shape index (κ1) is 22.5. The van der Waals surface area contributed by atoms with E-state index in [1.54, 1.807) is 6.20 Å². The lowest BCUT2D eigenvalue weighted by Gasteiger charge is -2.35. The summed E-state index contributed by atoms with van der Waals surface area (Å²) in [5, 5.41) is 12.4. The third-order valence-corrected chi connectivity index (χ3v) is 6.01. The van der Waals surface area contributed by atoms with Gasteiger partial charge < -0.3 is 20.1 Å². The summed E-state index contributed by atoms with van der Waals surface area (Å²) >= 11 is 0. The number of hydrogen-bond donors (Lipinski definition) is 2. The molecular weight excluding hydrogens is 384 g/mol. The van der Waals surface area contributed by atoms with Crippen LogP contribution in [0.4, 0.5) is 11.5 Å². The second-order valence-corrected chi connectivity index (χ2v) is 8.23. The molecule has 0 aromatic carbocycles. The number of nitrogens with one attached hydrogen (secondary N) is 1. The lowest BCUT2D eigenvalue weighted by atomic mass is 9.93. The van der Waals surface area contributed by atoms with E-state index >= 15 is 0 Å². The Hall–Kier alpha value is -2.19. The molecular formula is C22H34N4O4. The molecule has 2 aliphatic rings. The molecule has 1 aromatic heterocycles. The minimum atomic E-state index is -1.02. The Morgan fingerprint density at radius 2 is 1.97 bits per heavy atom. The lowest BCUT2D eigenvalue weighted by Crippen LogP contribution is -2.39. The van der Waals surface area contributed by atoms with E-state index in [4.69, 9.17) is 4.74 Å². The van der Waals surface area contributed by atoms with Crippen LogP contribution in [0, 0.1) is 5.92 Å². The van der Waals surface area contributed by atoms with Gasteiger partial charge in [-0.15, -0.1) is 0 Å². The van der Waals surface area contributed by atoms with E-state index in [2.05, 4.69) is 20.1 Å². The number of nitrogens with zero attached hydrogens (tertiary/aromatic N) is 3. The van der Waals surface area contributed by atoms with Crippen LogP contribution in [0.25, 0.3) is 0 Å². The number of amides is 1. The molecule has 2 fully saturated rings. The molecule has 3 rings (SSSR count). The normalized spacial score (nSPS) is 18.4. The molecule has 3 heterocycles. The highest BCUT2D eigenvalue weighted by atomic mass is 16.5. The molecule has 0 atom stereocenters. The van der Waals surface area contributed by atoms with Crippen molar-refractivity contribution in [3.8, 4) is 0 Å². The van der Waals surface area contributed by atoms with Gasteiger partial charge >= 0.3 is 5.97 Å². The summed E-state index contributed by atoms with van der Waals surface area (Å²) in [6, 6.07) is 1.53. The van der Waals surface area contributed by atoms with Gasteiger partial charge in [-0.05, 0) is 44.2 Å². The molecule has 0 unspecified atom stereocenters. The van der Waals surface area contributed by atoms with Crippen molar-refractivity contribution >= 4 is 23.4 Å². The third-order valence-electron chi connectivity index (χ3n) is 6.01. The first-order chi connectivity index (χ1) is 14.6. The number of carboxylic acids is 1. The summed E-state index contributed by atoms with van der Waals surface area (Å²) in [5.74, 6) is 0.0376. The molecule has 8 heteroatoms. The smallest absolute Gasteiger partial charge is 0.339 e. The Kier molecular flexibility index (Phi) is 8.45. The molecule has 0 saturated carbocycles. The molecule has 0 aliphatic carbocycles. The summed E-state index contributed by atoms with van der Waals surface area (Å²) in [4.78, 5) is 32.7. The van der Waals surface area contributed by atoms with E-state index in [0.717, 1.165) is 71.6 Å². The SMILES string of the molecule is CCCCC(=O)Nc1cnc(N2CCC(CCN3CCOCC3)CC2)c(C(=O)O)c1. The van der Waals surface area contributed by atoms with Crippen LogP contribution in [0.1, 0.15) is 55.8 Å². The Morgan fingerprint density at radius 3 is 2.63 bits per heavy atom. The first-order valence-corrected chi connectivity index (χ1v) is 11.1. The molecule has 2 saturated heterocycles. The highest BCUT2D eigenvalue weighted by Crippen LogP contribution is 2.28. The first-order valence-electron chi connectivity index (χ1n) is 11.1. The van der Waals surface area contributed by atoms with Crippen LogP contribution in [0.15, 0.2) is 12.3 Å². The fraction of sp³-hybridized carbons (Fsp3) is 0.682. The summed E-state index contributed by atoms with van der Waals surface area (Å²) in [6.45, 7) is 8.45. The second-order valence-electron chi connectivity index (χ2n) is 8.23. The van der Waals surface area contributed by atoms with Gasteiger partial charge in [0, 0.05) is 32.6 Å². The zero-order chi connectivity index (χ0) is 21.3. The van der Waals surface area contributed by atoms with Gasteiger partial charge in [-0.1, -0.05) is 13.3 Å². The van der Waals surface area contributed by atoms with Crippen LogP contribution in [0.5, 0.6) is 0 Å². The van der Waals surface area contributed by atoms with Crippen molar-refractivity contribution in [1.82, 2.24) is 9.88 Å². The highest BCUT2D eigenvalue weighted by Gasteiger charge is 2.25. The number of piperidine rings is 1. The lowest BCUT2D eigenvalue weighted by molar-refractivity contribution is -0.116. The number of hydrogen-bond acceptors (Lipinski definition) is 6. The maximum absolute atomic E-state index is 11.9. The van der Waals surface area contributed by atoms with E-state index in [0.29, 0.717) is 23.8 Å². The minimum absolute atomic E-state index is 0.108. The summed E-state index contributed by atoms with van der Waals surface area (Å²) in [7, 11) is 0. The van der Waals surface area contributed by atoms with Gasteiger partial charge in [-0.2, -0.15) is 0 Å². The molecule has 8 nitrogen and oxygen atoms in total. The maximum Gasteiger partial charge on any atom is 0.339 e. The van der Waals surface area contributed by atoms with Crippen molar-refractivity contribution in [2.24, 2.45) is 5.92 Å². The number of carbonyl (C=O) groups is 2. The van der Waals surface area contributed by atoms with Crippen molar-refractivity contribution in [3.63, 3.8) is 0 Å². The van der Waals surface area contributed by atoms with E-state index in [1.807, 2.05) is 6.92 Å². The van der Waals surface area contributed by atoms with Gasteiger partial charge in [0.05, 0.1) is 25.1 Å². The quantitative estimate of drug-likeness (QED) is 0.637. The van der Waals surface area contributed by atoms with Gasteiger partial charge in [0.1, 0.15) is 11.4 Å². The fourth-order valence-electron chi connectivity index (χ4n) is 4.12. The number of carbonyl (C=O) groups excluding carboxylic acids is 1. The molecule has 2 N–H and O–H groups in total. The van der Waals surface area contributed by atoms with Crippen molar-refractivity contribution < 1.29 is 19.4 Å². The van der Waals surface area contributed by atoms with E-state index in [9.17, 15) is 14.7 Å². The fourth-order valence-corrected chi connectivity index (χ4v) is 4.12. The molecule has 30 heavy (non-hydrogen) atoms. The molecule has 166 valence electrons. The minimum Gasteiger partial charge on any atom is -0.478 e. The van der Waals surface area contributed by atoms with Crippen molar-refractivity contribution in [3.05, 3.63) is 17.8 Å². The Bertz CT molecular complexity index is 713. The molecule has 0 bridgehead atoms. The number of aromatic carboxylic acids is 1. The van der Waals surface area contributed by atoms with Gasteiger partial charge in [0.15, 0.2) is 0 Å². The predicted molar refractivity (Wildman–Crippen MR) is 116 cm³/mol. The van der Waals surface area contributed by atoms with Crippen molar-refractivity contribution in [1.29, 1.82) is 0 Å². The number of rotatable bonds is 9. The average Bonchev–Trinajstić information content (AvgIpc) is 2.77. The van der Waals surface area contributed by atoms with E-state index in [-0.39, 0.29) is 11.5 Å². The van der Waals surface area contributed by atoms with Gasteiger partial charge in [-0.25, -0.2) is 9.78 Å². The largest absolute Gasteiger partial charge is 0.478 e. The number of aromatic nitrogens is 1. The third kappa shape index (κ3) is 6.40. The monoisotopic (exact) mass is 418 g/mol. The Labute approximate surface area is 178 Å². The van der Waals surface area contributed by atoms with Crippen LogP contribution in [-0.2, 0) is 9.53 Å². The molecule has 2 aliphatic heterocycles. The van der Waals surface area contributed by atoms with Crippen LogP contribution < -0.4 is 10.2 Å². The number of unbranched alkanes of at least 4 members (excludes halogenated alkanes) is 1. The maximum atomic E-state index is 11.9. The Morgan fingerprint density at radius 1 is 1.23 bits per heavy atom. The molecule has 1 amide bonds. The zero-order valence-corrected chi connectivity index (χ0v) is 17.9. The van der Waals surface area contributed by atoms with Crippen LogP contribution in [-0.4, -0.2) is 72.8 Å². The number of anilines is 2. The van der Waals surface area contributed by atoms with Crippen LogP contribution >= 0.6 is 0 Å². The van der Waals surface area contributed by atoms with E-state index in [1.165, 1.54) is 12.5 Å². The zero-order valence-electron chi connectivity index (χ0n) is 17.9. The summed E-state index contributed by atoms with van der Waals surface area (Å²) in [6.07, 6.45) is 7.00. The summed E-state index contributed by atoms with van der Waals surface area (Å²) < 4.78 is 5.41. The number of ether oxygens (including phenoxy) is 1. The molecule has 1 aromatic rings. The number of carboxylic acid groups (broad SMARTS) is 1.